The van der Waals surface area contributed by atoms with E-state index in [4.69, 9.17) is 26.3 Å². The van der Waals surface area contributed by atoms with Crippen molar-refractivity contribution in [1.82, 2.24) is 60.7 Å². The van der Waals surface area contributed by atoms with Gasteiger partial charge in [0.25, 0.3) is 0 Å². The van der Waals surface area contributed by atoms with Crippen LogP contribution >= 0.6 is 11.6 Å². The fraction of sp³-hybridized carbons (Fsp3) is 0.196. The minimum absolute atomic E-state index is 0.00466. The number of fused-ring (bicyclic) bond motifs is 4. The molecule has 17 aromatic rings. The summed E-state index contributed by atoms with van der Waals surface area (Å²) < 4.78 is 96.8. The number of carbonyl (C=O) groups excluding carboxylic acids is 4. The monoisotopic (exact) mass is 1850 g/mol. The van der Waals surface area contributed by atoms with Crippen molar-refractivity contribution in [2.24, 2.45) is 0 Å². The number of ether oxygens (including phenoxy) is 1. The van der Waals surface area contributed by atoms with Gasteiger partial charge in [-0.25, -0.2) is 43.5 Å². The highest BCUT2D eigenvalue weighted by Gasteiger charge is 2.34. The predicted molar refractivity (Wildman–Crippen MR) is 520 cm³/mol. The van der Waals surface area contributed by atoms with Crippen LogP contribution in [0.2, 0.25) is 5.02 Å². The molecule has 0 unspecified atom stereocenters. The Morgan fingerprint density at radius 3 is 0.926 bits per heavy atom. The number of hydrogen-bond donors (Lipinski definition) is 12. The zero-order valence-corrected chi connectivity index (χ0v) is 76.4. The first kappa shape index (κ1) is 95.2. The zero-order valence-electron chi connectivity index (χ0n) is 75.7. The number of halogens is 8. The Labute approximate surface area is 777 Å². The van der Waals surface area contributed by atoms with E-state index in [2.05, 4.69) is 201 Å². The smallest absolute Gasteiger partial charge is 0.416 e. The second-order valence-electron chi connectivity index (χ2n) is 35.7. The van der Waals surface area contributed by atoms with E-state index in [1.165, 1.54) is 0 Å². The number of pyridine rings is 4. The lowest BCUT2D eigenvalue weighted by Gasteiger charge is -2.19. The van der Waals surface area contributed by atoms with Crippen LogP contribution in [-0.2, 0) is 34.0 Å². The summed E-state index contributed by atoms with van der Waals surface area (Å²) in [4.78, 5) is 68.3. The lowest BCUT2D eigenvalue weighted by Crippen LogP contribution is -2.20. The minimum Gasteiger partial charge on any atom is -0.494 e. The molecule has 25 nitrogen and oxygen atoms in total. The molecule has 17 rings (SSSR count). The van der Waals surface area contributed by atoms with Gasteiger partial charge < -0.3 is 47.3 Å². The fourth-order valence-electron chi connectivity index (χ4n) is 14.1. The molecule has 0 bridgehead atoms. The number of hydrogen-bond acceptors (Lipinski definition) is 13. The van der Waals surface area contributed by atoms with Gasteiger partial charge in [-0.3, -0.25) is 20.4 Å². The van der Waals surface area contributed by atoms with Crippen LogP contribution in [0, 0.1) is 5.82 Å². The maximum absolute atomic E-state index is 13.9. The maximum atomic E-state index is 13.9. The van der Waals surface area contributed by atoms with Crippen molar-refractivity contribution in [2.75, 3.05) is 49.1 Å². The third-order valence-corrected chi connectivity index (χ3v) is 21.6. The molecule has 33 heteroatoms. The van der Waals surface area contributed by atoms with E-state index in [0.29, 0.717) is 70.3 Å². The molecule has 12 N–H and O–H groups in total. The predicted octanol–water partition coefficient (Wildman–Crippen LogP) is 27.2. The number of rotatable bonds is 15. The van der Waals surface area contributed by atoms with Crippen molar-refractivity contribution < 1.29 is 54.6 Å². The second kappa shape index (κ2) is 39.7. The average Bonchev–Trinajstić information content (AvgIpc) is 1.69. The van der Waals surface area contributed by atoms with Crippen molar-refractivity contribution in [3.05, 3.63) is 306 Å². The second-order valence-corrected chi connectivity index (χ2v) is 36.1. The van der Waals surface area contributed by atoms with Crippen molar-refractivity contribution in [3.63, 3.8) is 0 Å². The number of aromatic nitrogens is 12. The number of anilines is 8. The summed E-state index contributed by atoms with van der Waals surface area (Å²) in [6.45, 7) is 27.7. The summed E-state index contributed by atoms with van der Waals surface area (Å²) in [6.07, 6.45) is -2.22. The van der Waals surface area contributed by atoms with E-state index >= 15 is 0 Å². The number of amides is 8. The van der Waals surface area contributed by atoms with Crippen LogP contribution in [0.5, 0.6) is 5.75 Å². The summed E-state index contributed by atoms with van der Waals surface area (Å²) >= 11 is 5.94. The largest absolute Gasteiger partial charge is 0.494 e. The van der Waals surface area contributed by atoms with E-state index in [0.717, 1.165) is 135 Å². The van der Waals surface area contributed by atoms with Crippen molar-refractivity contribution in [2.45, 2.75) is 124 Å². The normalized spacial score (nSPS) is 11.7. The molecule has 0 aliphatic heterocycles. The summed E-state index contributed by atoms with van der Waals surface area (Å²) in [5, 5.41) is 53.0. The molecule has 8 aromatic heterocycles. The minimum atomic E-state index is -4.66. The fourth-order valence-corrected chi connectivity index (χ4v) is 14.3. The molecule has 8 amide bonds. The highest BCUT2D eigenvalue weighted by Crippen LogP contribution is 2.41. The molecule has 8 heterocycles. The maximum Gasteiger partial charge on any atom is 0.416 e. The standard InChI is InChI=1S/C29H27N5O.C25H27N5O2.C24H21ClF3N5O.C24H21F4N5O/c1-29(2,3)26-17-24(25-18-30-34-27(25)33-26)21-11-15-23(16-12-21)32-28(35)31-22-13-9-20(10-14-22)19-7-5-4-6-8-19;1-5-32-19-8-6-7-18(13-19)28-24(31)27-17-11-9-16(10-12-17)20-14-22(25(2,3)4)29-23-21(20)15-26-30-23;2*1-23(2,3)20-11-16(17-12-29-33-21(17)32-20)13-4-7-15(8-5-13)30-22(34)31-19-10-14(24(26,27)28)6-9-18(19)25/h4-18H,1-3H3,(H,30,33,34)(H2,31,32,35);6-15H,5H2,1-4H3,(H,26,29,30)(H2,27,28,31);2*4-12H,1-3H3,(H,29,32,33)(H2,30,31,34). The Bertz CT molecular complexity index is 6910. The van der Waals surface area contributed by atoms with Crippen LogP contribution in [-0.4, -0.2) is 91.5 Å². The van der Waals surface area contributed by atoms with Gasteiger partial charge in [0.05, 0.1) is 58.9 Å². The number of nitrogens with one attached hydrogen (secondary N) is 12. The Hall–Kier alpha value is -15.9. The topological polar surface area (TPSA) is 340 Å². The van der Waals surface area contributed by atoms with Gasteiger partial charge in [0, 0.05) is 106 Å². The highest BCUT2D eigenvalue weighted by molar-refractivity contribution is 6.34. The molecule has 0 aliphatic rings. The summed E-state index contributed by atoms with van der Waals surface area (Å²) in [6, 6.07) is 65.3. The van der Waals surface area contributed by atoms with E-state index in [9.17, 15) is 49.9 Å². The van der Waals surface area contributed by atoms with Crippen LogP contribution in [0.4, 0.5) is 95.4 Å². The van der Waals surface area contributed by atoms with E-state index in [-0.39, 0.29) is 44.4 Å². The number of nitrogens with zero attached hydrogens (tertiary/aromatic N) is 8. The Kier molecular flexibility index (Phi) is 28.0. The molecule has 0 aliphatic carbocycles. The first-order valence-corrected chi connectivity index (χ1v) is 43.2. The third-order valence-electron chi connectivity index (χ3n) is 21.3. The lowest BCUT2D eigenvalue weighted by atomic mass is 9.89. The van der Waals surface area contributed by atoms with Crippen molar-refractivity contribution >= 4 is 125 Å². The molecule has 0 fully saturated rings. The quantitative estimate of drug-likeness (QED) is 0.0425. The van der Waals surface area contributed by atoms with Gasteiger partial charge >= 0.3 is 36.5 Å². The summed E-state index contributed by atoms with van der Waals surface area (Å²) in [7, 11) is 0. The van der Waals surface area contributed by atoms with E-state index in [1.807, 2.05) is 140 Å². The number of aromatic amines is 4. The van der Waals surface area contributed by atoms with Crippen LogP contribution in [0.25, 0.3) is 99.8 Å². The summed E-state index contributed by atoms with van der Waals surface area (Å²) in [5.74, 6) is -0.262. The Balaban J connectivity index is 0.000000144. The molecular formula is C102H96ClF7N20O5. The van der Waals surface area contributed by atoms with Gasteiger partial charge in [-0.2, -0.15) is 46.7 Å². The van der Waals surface area contributed by atoms with Crippen molar-refractivity contribution in [3.8, 4) is 61.4 Å². The van der Waals surface area contributed by atoms with Crippen LogP contribution in [0.15, 0.2) is 261 Å². The Morgan fingerprint density at radius 1 is 0.319 bits per heavy atom. The van der Waals surface area contributed by atoms with Gasteiger partial charge in [0.15, 0.2) is 22.6 Å². The number of H-pyrrole nitrogens is 4. The molecule has 0 saturated carbocycles. The van der Waals surface area contributed by atoms with Gasteiger partial charge in [-0.05, 0) is 196 Å². The molecule has 690 valence electrons. The molecule has 9 aromatic carbocycles. The van der Waals surface area contributed by atoms with Crippen molar-refractivity contribution in [1.29, 1.82) is 0 Å². The SMILES string of the molecule is CC(C)(C)c1cc(-c2ccc(NC(=O)Nc3cc(C(F)(F)F)ccc3Cl)cc2)c2cn[nH]c2n1.CC(C)(C)c1cc(-c2ccc(NC(=O)Nc3cc(C(F)(F)F)ccc3F)cc2)c2cn[nH]c2n1.CC(C)(C)c1cc(-c2ccc(NC(=O)Nc3ccc(-c4ccccc4)cc3)cc2)c2cn[nH]c2n1.CCOc1cccc(NC(=O)Nc2ccc(-c3cc(C(C)(C)C)nc4[nH]ncc34)cc2)c1. The van der Waals surface area contributed by atoms with Gasteiger partial charge in [0.2, 0.25) is 0 Å². The first-order valence-electron chi connectivity index (χ1n) is 42.8. The summed E-state index contributed by atoms with van der Waals surface area (Å²) in [5.41, 5.74) is 17.1. The molecular weight excluding hydrogens is 1750 g/mol. The average molecular weight is 1850 g/mol. The van der Waals surface area contributed by atoms with Gasteiger partial charge in [-0.15, -0.1) is 0 Å². The van der Waals surface area contributed by atoms with E-state index < -0.39 is 47.0 Å². The Morgan fingerprint density at radius 2 is 0.607 bits per heavy atom. The van der Waals surface area contributed by atoms with Gasteiger partial charge in [-0.1, -0.05) is 192 Å². The van der Waals surface area contributed by atoms with E-state index in [1.54, 1.807) is 67.3 Å². The first-order chi connectivity index (χ1) is 64.0. The highest BCUT2D eigenvalue weighted by atomic mass is 35.5. The molecule has 0 radical (unpaired) electrons. The molecule has 135 heavy (non-hydrogen) atoms. The van der Waals surface area contributed by atoms with Crippen LogP contribution in [0.3, 0.4) is 0 Å². The van der Waals surface area contributed by atoms with Crippen LogP contribution in [0.1, 0.15) is 124 Å². The molecule has 0 saturated heterocycles. The number of carbonyl (C=O) groups is 4. The number of alkyl halides is 6. The van der Waals surface area contributed by atoms with Crippen LogP contribution < -0.4 is 47.3 Å². The number of benzene rings is 9. The third kappa shape index (κ3) is 24.1. The zero-order chi connectivity index (χ0) is 96.5. The lowest BCUT2D eigenvalue weighted by molar-refractivity contribution is -0.138. The number of urea groups is 4. The molecule has 0 atom stereocenters. The molecule has 0 spiro atoms. The van der Waals surface area contributed by atoms with Gasteiger partial charge in [0.1, 0.15) is 11.6 Å².